The van der Waals surface area contributed by atoms with Crippen molar-refractivity contribution >= 4 is 23.8 Å². The summed E-state index contributed by atoms with van der Waals surface area (Å²) < 4.78 is 5.30. The van der Waals surface area contributed by atoms with Gasteiger partial charge in [0.15, 0.2) is 12.0 Å². The highest BCUT2D eigenvalue weighted by atomic mass is 35.5. The van der Waals surface area contributed by atoms with Gasteiger partial charge in [0.1, 0.15) is 5.76 Å². The number of rotatable bonds is 3. The molecule has 4 nitrogen and oxygen atoms in total. The van der Waals surface area contributed by atoms with Crippen LogP contribution in [0, 0.1) is 0 Å². The average Bonchev–Trinajstić information content (AvgIpc) is 2.86. The number of furan rings is 1. The maximum atomic E-state index is 11.8. The van der Waals surface area contributed by atoms with Crippen molar-refractivity contribution in [2.24, 2.45) is 0 Å². The first kappa shape index (κ1) is 13.4. The molecule has 0 atom stereocenters. The van der Waals surface area contributed by atoms with E-state index < -0.39 is 0 Å². The molecular formula is C14H12ClNO3. The Hall–Kier alpha value is -2.07. The van der Waals surface area contributed by atoms with Crippen molar-refractivity contribution in [1.82, 2.24) is 4.90 Å². The molecule has 5 heteroatoms. The fourth-order valence-corrected chi connectivity index (χ4v) is 1.92. The third-order valence-electron chi connectivity index (χ3n) is 2.63. The highest BCUT2D eigenvalue weighted by Gasteiger charge is 2.14. The zero-order chi connectivity index (χ0) is 14.0. The minimum atomic E-state index is -0.162. The van der Waals surface area contributed by atoms with Crippen LogP contribution in [0.4, 0.5) is 0 Å². The van der Waals surface area contributed by atoms with Gasteiger partial charge in [0, 0.05) is 19.7 Å². The van der Waals surface area contributed by atoms with Gasteiger partial charge in [-0.1, -0.05) is 17.7 Å². The van der Waals surface area contributed by atoms with Crippen molar-refractivity contribution in [1.29, 1.82) is 0 Å². The topological polar surface area (TPSA) is 50.5 Å². The van der Waals surface area contributed by atoms with Gasteiger partial charge in [-0.05, 0) is 24.3 Å². The molecule has 0 saturated carbocycles. The maximum Gasteiger partial charge on any atom is 0.254 e. The molecule has 1 amide bonds. The lowest BCUT2D eigenvalue weighted by Crippen LogP contribution is -2.21. The van der Waals surface area contributed by atoms with Crippen LogP contribution in [0.3, 0.4) is 0 Å². The molecule has 0 radical (unpaired) electrons. The Morgan fingerprint density at radius 2 is 2.00 bits per heavy atom. The first-order chi connectivity index (χ1) is 9.02. The van der Waals surface area contributed by atoms with E-state index in [1.807, 2.05) is 0 Å². The largest absolute Gasteiger partial charge is 0.453 e. The fraction of sp³-hybridized carbons (Fsp3) is 0.143. The Bertz CT molecular complexity index is 631. The van der Waals surface area contributed by atoms with Crippen LogP contribution in [-0.2, 0) is 0 Å². The molecular weight excluding hydrogens is 266 g/mol. The van der Waals surface area contributed by atoms with Crippen LogP contribution < -0.4 is 0 Å². The Morgan fingerprint density at radius 3 is 2.53 bits per heavy atom. The van der Waals surface area contributed by atoms with Gasteiger partial charge in [-0.3, -0.25) is 9.59 Å². The molecule has 0 bridgehead atoms. The van der Waals surface area contributed by atoms with Crippen LogP contribution in [0.15, 0.2) is 34.7 Å². The number of carbonyl (C=O) groups is 2. The predicted octanol–water partition coefficient (Wildman–Crippen LogP) is 3.11. The molecule has 2 rings (SSSR count). The first-order valence-corrected chi connectivity index (χ1v) is 5.97. The SMILES string of the molecule is CN(C)C(=O)c1ccc(-c2ccc(C=O)o2)cc1Cl. The number of halogens is 1. The minimum absolute atomic E-state index is 0.162. The molecule has 0 aliphatic rings. The van der Waals surface area contributed by atoms with Crippen LogP contribution in [0.25, 0.3) is 11.3 Å². The lowest BCUT2D eigenvalue weighted by Gasteiger charge is -2.11. The average molecular weight is 278 g/mol. The molecule has 0 fully saturated rings. The first-order valence-electron chi connectivity index (χ1n) is 5.59. The van der Waals surface area contributed by atoms with Crippen molar-refractivity contribution in [2.45, 2.75) is 0 Å². The second-order valence-corrected chi connectivity index (χ2v) is 4.62. The Morgan fingerprint density at radius 1 is 1.26 bits per heavy atom. The molecule has 1 aromatic heterocycles. The van der Waals surface area contributed by atoms with E-state index in [0.29, 0.717) is 28.2 Å². The molecule has 98 valence electrons. The van der Waals surface area contributed by atoms with Crippen LogP contribution in [0.2, 0.25) is 5.02 Å². The van der Waals surface area contributed by atoms with E-state index in [4.69, 9.17) is 16.0 Å². The van der Waals surface area contributed by atoms with Crippen LogP contribution in [-0.4, -0.2) is 31.2 Å². The zero-order valence-electron chi connectivity index (χ0n) is 10.5. The van der Waals surface area contributed by atoms with E-state index in [2.05, 4.69) is 0 Å². The van der Waals surface area contributed by atoms with E-state index in [0.717, 1.165) is 0 Å². The molecule has 0 spiro atoms. The summed E-state index contributed by atoms with van der Waals surface area (Å²) in [6.07, 6.45) is 0.634. The predicted molar refractivity (Wildman–Crippen MR) is 72.6 cm³/mol. The summed E-state index contributed by atoms with van der Waals surface area (Å²) in [5, 5.41) is 0.347. The Balaban J connectivity index is 2.38. The summed E-state index contributed by atoms with van der Waals surface area (Å²) in [6.45, 7) is 0. The fourth-order valence-electron chi connectivity index (χ4n) is 1.65. The molecule has 1 heterocycles. The highest BCUT2D eigenvalue weighted by molar-refractivity contribution is 6.34. The lowest BCUT2D eigenvalue weighted by atomic mass is 10.1. The number of amides is 1. The molecule has 19 heavy (non-hydrogen) atoms. The van der Waals surface area contributed by atoms with Crippen LogP contribution in [0.5, 0.6) is 0 Å². The molecule has 0 N–H and O–H groups in total. The van der Waals surface area contributed by atoms with Gasteiger partial charge in [0.2, 0.25) is 0 Å². The summed E-state index contributed by atoms with van der Waals surface area (Å²) >= 11 is 6.10. The summed E-state index contributed by atoms with van der Waals surface area (Å²) in [6, 6.07) is 8.28. The summed E-state index contributed by atoms with van der Waals surface area (Å²) in [4.78, 5) is 23.9. The van der Waals surface area contributed by atoms with Gasteiger partial charge in [0.05, 0.1) is 10.6 Å². The number of hydrogen-bond donors (Lipinski definition) is 0. The van der Waals surface area contributed by atoms with Crippen molar-refractivity contribution in [2.75, 3.05) is 14.1 Å². The zero-order valence-corrected chi connectivity index (χ0v) is 11.3. The highest BCUT2D eigenvalue weighted by Crippen LogP contribution is 2.27. The summed E-state index contributed by atoms with van der Waals surface area (Å²) in [7, 11) is 3.32. The van der Waals surface area contributed by atoms with Crippen molar-refractivity contribution in [3.63, 3.8) is 0 Å². The van der Waals surface area contributed by atoms with E-state index >= 15 is 0 Å². The lowest BCUT2D eigenvalue weighted by molar-refractivity contribution is 0.0827. The molecule has 0 aliphatic heterocycles. The quantitative estimate of drug-likeness (QED) is 0.810. The minimum Gasteiger partial charge on any atom is -0.453 e. The second kappa shape index (κ2) is 5.28. The molecule has 0 unspecified atom stereocenters. The molecule has 0 aliphatic carbocycles. The van der Waals surface area contributed by atoms with Gasteiger partial charge in [-0.15, -0.1) is 0 Å². The third-order valence-corrected chi connectivity index (χ3v) is 2.95. The van der Waals surface area contributed by atoms with Gasteiger partial charge < -0.3 is 9.32 Å². The number of hydrogen-bond acceptors (Lipinski definition) is 3. The van der Waals surface area contributed by atoms with Crippen molar-refractivity contribution < 1.29 is 14.0 Å². The van der Waals surface area contributed by atoms with E-state index in [-0.39, 0.29) is 11.7 Å². The maximum absolute atomic E-state index is 11.8. The molecule has 0 saturated heterocycles. The van der Waals surface area contributed by atoms with E-state index in [1.165, 1.54) is 4.90 Å². The number of nitrogens with zero attached hydrogens (tertiary/aromatic N) is 1. The summed E-state index contributed by atoms with van der Waals surface area (Å²) in [5.74, 6) is 0.622. The van der Waals surface area contributed by atoms with Crippen molar-refractivity contribution in [3.05, 3.63) is 46.7 Å². The number of carbonyl (C=O) groups excluding carboxylic acids is 2. The third kappa shape index (κ3) is 2.69. The van der Waals surface area contributed by atoms with E-state index in [9.17, 15) is 9.59 Å². The summed E-state index contributed by atoms with van der Waals surface area (Å²) in [5.41, 5.74) is 1.14. The van der Waals surface area contributed by atoms with Crippen LogP contribution >= 0.6 is 11.6 Å². The monoisotopic (exact) mass is 277 g/mol. The second-order valence-electron chi connectivity index (χ2n) is 4.21. The van der Waals surface area contributed by atoms with Gasteiger partial charge in [0.25, 0.3) is 5.91 Å². The molecule has 1 aromatic carbocycles. The molecule has 2 aromatic rings. The van der Waals surface area contributed by atoms with Gasteiger partial charge >= 0.3 is 0 Å². The smallest absolute Gasteiger partial charge is 0.254 e. The Kier molecular flexibility index (Phi) is 3.71. The Labute approximate surface area is 115 Å². The standard InChI is InChI=1S/C14H12ClNO3/c1-16(2)14(18)11-5-3-9(7-12(11)15)13-6-4-10(8-17)19-13/h3-8H,1-2H3. The van der Waals surface area contributed by atoms with E-state index in [1.54, 1.807) is 44.4 Å². The number of benzene rings is 1. The van der Waals surface area contributed by atoms with Crippen molar-refractivity contribution in [3.8, 4) is 11.3 Å². The van der Waals surface area contributed by atoms with Gasteiger partial charge in [-0.25, -0.2) is 0 Å². The van der Waals surface area contributed by atoms with Crippen LogP contribution in [0.1, 0.15) is 20.9 Å². The number of aldehydes is 1. The normalized spacial score (nSPS) is 10.3. The van der Waals surface area contributed by atoms with Gasteiger partial charge in [-0.2, -0.15) is 0 Å².